The number of benzene rings is 1. The van der Waals surface area contributed by atoms with Gasteiger partial charge in [-0.25, -0.2) is 4.39 Å². The minimum atomic E-state index is -0.176. The Balaban J connectivity index is 1.98. The zero-order valence-corrected chi connectivity index (χ0v) is 10.2. The van der Waals surface area contributed by atoms with Crippen LogP contribution in [-0.4, -0.2) is 24.6 Å². The summed E-state index contributed by atoms with van der Waals surface area (Å²) in [6.07, 6.45) is 4.82. The van der Waals surface area contributed by atoms with E-state index in [-0.39, 0.29) is 5.82 Å². The molecule has 1 aromatic rings. The topological polar surface area (TPSA) is 12.5 Å². The first-order chi connectivity index (χ1) is 8.28. The first-order valence-corrected chi connectivity index (χ1v) is 6.37. The predicted octanol–water partition coefficient (Wildman–Crippen LogP) is 2.74. The molecule has 0 saturated carbocycles. The summed E-state index contributed by atoms with van der Waals surface area (Å²) in [5.41, 5.74) is 2.33. The third kappa shape index (κ3) is 1.93. The molecule has 2 heterocycles. The Morgan fingerprint density at radius 2 is 2.24 bits per heavy atom. The smallest absolute Gasteiger partial charge is 0.127 e. The number of rotatable bonds is 1. The Hall–Kier alpha value is -1.09. The Morgan fingerprint density at radius 3 is 3.06 bits per heavy atom. The van der Waals surface area contributed by atoms with Crippen molar-refractivity contribution in [3.8, 4) is 5.75 Å². The van der Waals surface area contributed by atoms with Crippen LogP contribution in [0.3, 0.4) is 0 Å². The van der Waals surface area contributed by atoms with E-state index in [9.17, 15) is 4.39 Å². The van der Waals surface area contributed by atoms with E-state index >= 15 is 0 Å². The van der Waals surface area contributed by atoms with Crippen LogP contribution in [-0.2, 0) is 13.0 Å². The van der Waals surface area contributed by atoms with E-state index in [0.717, 1.165) is 18.5 Å². The molecule has 0 radical (unpaired) electrons. The van der Waals surface area contributed by atoms with Gasteiger partial charge in [-0.3, -0.25) is 4.90 Å². The summed E-state index contributed by atoms with van der Waals surface area (Å²) in [5.74, 6) is 0.536. The molecule has 3 rings (SSSR count). The fourth-order valence-corrected chi connectivity index (χ4v) is 3.17. The number of hydrogen-bond acceptors (Lipinski definition) is 2. The molecule has 2 nitrogen and oxygen atoms in total. The number of ether oxygens (including phenoxy) is 1. The normalized spacial score (nSPS) is 24.0. The summed E-state index contributed by atoms with van der Waals surface area (Å²) in [6.45, 7) is 2.09. The number of piperidine rings is 1. The van der Waals surface area contributed by atoms with Crippen LogP contribution >= 0.6 is 0 Å². The van der Waals surface area contributed by atoms with Crippen molar-refractivity contribution in [2.75, 3.05) is 13.7 Å². The first-order valence-electron chi connectivity index (χ1n) is 6.37. The lowest BCUT2D eigenvalue weighted by Crippen LogP contribution is -2.43. The molecule has 0 N–H and O–H groups in total. The lowest BCUT2D eigenvalue weighted by molar-refractivity contribution is 0.125. The second-order valence-corrected chi connectivity index (χ2v) is 5.07. The van der Waals surface area contributed by atoms with Crippen molar-refractivity contribution in [1.82, 2.24) is 4.90 Å². The van der Waals surface area contributed by atoms with Crippen LogP contribution in [0.4, 0.5) is 4.39 Å². The molecule has 0 bridgehead atoms. The largest absolute Gasteiger partial charge is 0.496 e. The molecule has 2 aliphatic heterocycles. The molecule has 0 aromatic heterocycles. The van der Waals surface area contributed by atoms with Crippen LogP contribution in [0.25, 0.3) is 0 Å². The van der Waals surface area contributed by atoms with Crippen LogP contribution < -0.4 is 4.74 Å². The average molecular weight is 235 g/mol. The summed E-state index contributed by atoms with van der Waals surface area (Å²) in [6, 6.07) is 3.80. The molecule has 1 unspecified atom stereocenters. The molecule has 17 heavy (non-hydrogen) atoms. The van der Waals surface area contributed by atoms with Crippen molar-refractivity contribution in [3.05, 3.63) is 29.1 Å². The van der Waals surface area contributed by atoms with E-state index in [1.165, 1.54) is 37.4 Å². The summed E-state index contributed by atoms with van der Waals surface area (Å²) in [4.78, 5) is 2.52. The Kier molecular flexibility index (Phi) is 2.79. The number of hydrogen-bond donors (Lipinski definition) is 0. The molecule has 1 saturated heterocycles. The van der Waals surface area contributed by atoms with Gasteiger partial charge in [-0.15, -0.1) is 0 Å². The molecule has 1 aromatic carbocycles. The van der Waals surface area contributed by atoms with E-state index in [2.05, 4.69) is 4.90 Å². The molecule has 92 valence electrons. The third-order valence-corrected chi connectivity index (χ3v) is 4.05. The lowest BCUT2D eigenvalue weighted by Gasteiger charge is -2.40. The van der Waals surface area contributed by atoms with Crippen LogP contribution in [0.5, 0.6) is 5.75 Å². The summed E-state index contributed by atoms with van der Waals surface area (Å²) in [7, 11) is 1.62. The highest BCUT2D eigenvalue weighted by molar-refractivity contribution is 5.42. The minimum absolute atomic E-state index is 0.176. The van der Waals surface area contributed by atoms with Crippen molar-refractivity contribution >= 4 is 0 Å². The van der Waals surface area contributed by atoms with Gasteiger partial charge in [0.1, 0.15) is 11.6 Å². The highest BCUT2D eigenvalue weighted by Gasteiger charge is 2.30. The van der Waals surface area contributed by atoms with Gasteiger partial charge >= 0.3 is 0 Å². The standard InChI is InChI=1S/C14H18FNO/c1-17-14-8-11(15)6-10-7-12-4-2-3-5-16(12)9-13(10)14/h6,8,12H,2-5,7,9H2,1H3. The van der Waals surface area contributed by atoms with Gasteiger partial charge in [-0.2, -0.15) is 0 Å². The maximum Gasteiger partial charge on any atom is 0.127 e. The Bertz CT molecular complexity index is 432. The number of nitrogens with zero attached hydrogens (tertiary/aromatic N) is 1. The zero-order valence-electron chi connectivity index (χ0n) is 10.2. The van der Waals surface area contributed by atoms with E-state index in [0.29, 0.717) is 11.8 Å². The van der Waals surface area contributed by atoms with Gasteiger partial charge in [0, 0.05) is 24.2 Å². The van der Waals surface area contributed by atoms with Gasteiger partial charge in [0.2, 0.25) is 0 Å². The van der Waals surface area contributed by atoms with Crippen molar-refractivity contribution in [2.45, 2.75) is 38.3 Å². The molecule has 2 aliphatic rings. The van der Waals surface area contributed by atoms with Gasteiger partial charge in [-0.05, 0) is 37.4 Å². The monoisotopic (exact) mass is 235 g/mol. The SMILES string of the molecule is COc1cc(F)cc2c1CN1CCCCC1C2. The van der Waals surface area contributed by atoms with Crippen LogP contribution in [0.2, 0.25) is 0 Å². The molecule has 0 amide bonds. The van der Waals surface area contributed by atoms with Gasteiger partial charge in [-0.1, -0.05) is 6.42 Å². The van der Waals surface area contributed by atoms with Gasteiger partial charge in [0.15, 0.2) is 0 Å². The molecular formula is C14H18FNO. The van der Waals surface area contributed by atoms with E-state index in [1.807, 2.05) is 0 Å². The van der Waals surface area contributed by atoms with Crippen molar-refractivity contribution in [3.63, 3.8) is 0 Å². The van der Waals surface area contributed by atoms with E-state index < -0.39 is 0 Å². The van der Waals surface area contributed by atoms with Crippen molar-refractivity contribution in [2.24, 2.45) is 0 Å². The quantitative estimate of drug-likeness (QED) is 0.742. The van der Waals surface area contributed by atoms with E-state index in [4.69, 9.17) is 4.74 Å². The average Bonchev–Trinajstić information content (AvgIpc) is 2.35. The maximum atomic E-state index is 13.5. The van der Waals surface area contributed by atoms with Crippen LogP contribution in [0.15, 0.2) is 12.1 Å². The third-order valence-electron chi connectivity index (χ3n) is 4.05. The highest BCUT2D eigenvalue weighted by atomic mass is 19.1. The minimum Gasteiger partial charge on any atom is -0.496 e. The second kappa shape index (κ2) is 4.30. The van der Waals surface area contributed by atoms with Crippen molar-refractivity contribution in [1.29, 1.82) is 0 Å². The Morgan fingerprint density at radius 1 is 1.35 bits per heavy atom. The molecule has 0 aliphatic carbocycles. The number of methoxy groups -OCH3 is 1. The van der Waals surface area contributed by atoms with Crippen LogP contribution in [0, 0.1) is 5.82 Å². The number of halogens is 1. The maximum absolute atomic E-state index is 13.5. The summed E-state index contributed by atoms with van der Waals surface area (Å²) < 4.78 is 18.8. The fraction of sp³-hybridized carbons (Fsp3) is 0.571. The molecular weight excluding hydrogens is 217 g/mol. The second-order valence-electron chi connectivity index (χ2n) is 5.07. The zero-order chi connectivity index (χ0) is 11.8. The lowest BCUT2D eigenvalue weighted by atomic mass is 9.88. The van der Waals surface area contributed by atoms with Gasteiger partial charge in [0.25, 0.3) is 0 Å². The Labute approximate surface area is 101 Å². The predicted molar refractivity (Wildman–Crippen MR) is 64.7 cm³/mol. The van der Waals surface area contributed by atoms with Gasteiger partial charge in [0.05, 0.1) is 7.11 Å². The molecule has 1 atom stereocenters. The molecule has 3 heteroatoms. The molecule has 0 spiro atoms. The molecule has 1 fully saturated rings. The van der Waals surface area contributed by atoms with Gasteiger partial charge < -0.3 is 4.74 Å². The van der Waals surface area contributed by atoms with E-state index in [1.54, 1.807) is 13.2 Å². The fourth-order valence-electron chi connectivity index (χ4n) is 3.17. The van der Waals surface area contributed by atoms with Crippen LogP contribution in [0.1, 0.15) is 30.4 Å². The summed E-state index contributed by atoms with van der Waals surface area (Å²) >= 11 is 0. The van der Waals surface area contributed by atoms with Crippen molar-refractivity contribution < 1.29 is 9.13 Å². The highest BCUT2D eigenvalue weighted by Crippen LogP contribution is 2.34. The summed E-state index contributed by atoms with van der Waals surface area (Å²) in [5, 5.41) is 0. The first kappa shape index (κ1) is 11.0. The number of fused-ring (bicyclic) bond motifs is 2.